The number of carbonyl (C=O) groups is 2. The van der Waals surface area contributed by atoms with Gasteiger partial charge in [-0.05, 0) is 29.7 Å². The molecule has 0 bridgehead atoms. The Morgan fingerprint density at radius 2 is 1.83 bits per heavy atom. The van der Waals surface area contributed by atoms with Crippen molar-refractivity contribution >= 4 is 23.7 Å². The molecule has 29 heavy (non-hydrogen) atoms. The number of halogens is 1. The van der Waals surface area contributed by atoms with Crippen molar-refractivity contribution in [1.29, 1.82) is 0 Å². The maximum atomic E-state index is 12.6. The molecule has 0 spiro atoms. The number of carboxylic acids is 1. The number of alkyl carbamates (subject to hydrolysis) is 1. The van der Waals surface area contributed by atoms with E-state index in [9.17, 15) is 14.7 Å². The molecule has 0 aliphatic rings. The molecular weight excluding hydrogens is 390 g/mol. The third kappa shape index (κ3) is 6.23. The van der Waals surface area contributed by atoms with Gasteiger partial charge in [-0.15, -0.1) is 0 Å². The minimum absolute atomic E-state index is 0.356. The molecule has 6 heteroatoms. The molecule has 1 amide bonds. The van der Waals surface area contributed by atoms with Gasteiger partial charge in [0, 0.05) is 10.4 Å². The number of ether oxygens (including phenoxy) is 1. The predicted octanol–water partition coefficient (Wildman–Crippen LogP) is 5.73. The van der Waals surface area contributed by atoms with Crippen LogP contribution in [0.1, 0.15) is 57.3 Å². The number of aliphatic carboxylic acids is 1. The van der Waals surface area contributed by atoms with Gasteiger partial charge in [-0.2, -0.15) is 0 Å². The van der Waals surface area contributed by atoms with Crippen LogP contribution >= 0.6 is 11.6 Å². The number of rotatable bonds is 9. The zero-order valence-corrected chi connectivity index (χ0v) is 17.8. The third-order valence-corrected chi connectivity index (χ3v) is 5.22. The molecule has 2 aromatic carbocycles. The summed E-state index contributed by atoms with van der Waals surface area (Å²) in [4.78, 5) is 24.1. The minimum atomic E-state index is -1.07. The summed E-state index contributed by atoms with van der Waals surface area (Å²) < 4.78 is 5.80. The molecule has 2 rings (SSSR count). The Kier molecular flexibility index (Phi) is 8.09. The van der Waals surface area contributed by atoms with E-state index in [4.69, 9.17) is 16.3 Å². The maximum absolute atomic E-state index is 12.6. The largest absolute Gasteiger partial charge is 0.480 e. The lowest BCUT2D eigenvalue weighted by molar-refractivity contribution is -0.139. The van der Waals surface area contributed by atoms with Crippen LogP contribution in [0.2, 0.25) is 5.02 Å². The van der Waals surface area contributed by atoms with Crippen LogP contribution in [-0.4, -0.2) is 23.2 Å². The number of amides is 1. The molecule has 0 aliphatic heterocycles. The summed E-state index contributed by atoms with van der Waals surface area (Å²) in [6.07, 6.45) is 0.511. The Morgan fingerprint density at radius 1 is 1.14 bits per heavy atom. The highest BCUT2D eigenvalue weighted by Gasteiger charge is 2.36. The standard InChI is InChI=1S/C23H28ClNO4/c1-4-5-14-19(21(26)27)25-22(28)29-20(16-10-7-6-8-11-16)23(2,3)17-12-9-13-18(24)15-17/h6-13,15,19-20H,4-5,14H2,1-3H3,(H,25,28)(H,26,27)/t19-,20?/m0/s1. The molecular formula is C23H28ClNO4. The Bertz CT molecular complexity index is 823. The zero-order chi connectivity index (χ0) is 21.4. The summed E-state index contributed by atoms with van der Waals surface area (Å²) in [5.41, 5.74) is 1.12. The Balaban J connectivity index is 2.29. The van der Waals surface area contributed by atoms with Gasteiger partial charge in [0.25, 0.3) is 0 Å². The first-order valence-corrected chi connectivity index (χ1v) is 10.1. The molecule has 0 saturated heterocycles. The first kappa shape index (κ1) is 22.8. The van der Waals surface area contributed by atoms with E-state index in [1.165, 1.54) is 0 Å². The molecule has 156 valence electrons. The van der Waals surface area contributed by atoms with Gasteiger partial charge in [-0.3, -0.25) is 0 Å². The summed E-state index contributed by atoms with van der Waals surface area (Å²) in [6, 6.07) is 15.9. The number of carboxylic acid groups (broad SMARTS) is 1. The smallest absolute Gasteiger partial charge is 0.408 e. The van der Waals surface area contributed by atoms with E-state index < -0.39 is 29.6 Å². The monoisotopic (exact) mass is 417 g/mol. The van der Waals surface area contributed by atoms with Crippen molar-refractivity contribution < 1.29 is 19.4 Å². The minimum Gasteiger partial charge on any atom is -0.480 e. The van der Waals surface area contributed by atoms with E-state index in [2.05, 4.69) is 5.32 Å². The second-order valence-corrected chi connectivity index (χ2v) is 8.04. The highest BCUT2D eigenvalue weighted by Crippen LogP contribution is 2.40. The van der Waals surface area contributed by atoms with Gasteiger partial charge in [0.1, 0.15) is 12.1 Å². The van der Waals surface area contributed by atoms with Gasteiger partial charge in [-0.1, -0.05) is 87.7 Å². The second kappa shape index (κ2) is 10.3. The first-order valence-electron chi connectivity index (χ1n) is 9.76. The molecule has 2 N–H and O–H groups in total. The first-order chi connectivity index (χ1) is 13.8. The van der Waals surface area contributed by atoms with E-state index in [1.807, 2.05) is 69.3 Å². The van der Waals surface area contributed by atoms with Crippen LogP contribution in [0.4, 0.5) is 4.79 Å². The number of carbonyl (C=O) groups excluding carboxylic acids is 1. The van der Waals surface area contributed by atoms with Crippen molar-refractivity contribution in [3.8, 4) is 0 Å². The molecule has 0 aliphatic carbocycles. The topological polar surface area (TPSA) is 75.6 Å². The fraction of sp³-hybridized carbons (Fsp3) is 0.391. The fourth-order valence-electron chi connectivity index (χ4n) is 3.25. The van der Waals surface area contributed by atoms with Crippen molar-refractivity contribution in [2.45, 2.75) is 57.6 Å². The third-order valence-electron chi connectivity index (χ3n) is 4.99. The van der Waals surface area contributed by atoms with E-state index in [-0.39, 0.29) is 0 Å². The number of benzene rings is 2. The number of hydrogen-bond donors (Lipinski definition) is 2. The quantitative estimate of drug-likeness (QED) is 0.546. The van der Waals surface area contributed by atoms with Crippen LogP contribution in [0.5, 0.6) is 0 Å². The average molecular weight is 418 g/mol. The molecule has 2 atom stereocenters. The van der Waals surface area contributed by atoms with Crippen molar-refractivity contribution in [1.82, 2.24) is 5.32 Å². The lowest BCUT2D eigenvalue weighted by Crippen LogP contribution is -2.43. The van der Waals surface area contributed by atoms with Crippen molar-refractivity contribution in [2.75, 3.05) is 0 Å². The van der Waals surface area contributed by atoms with Gasteiger partial charge < -0.3 is 15.2 Å². The lowest BCUT2D eigenvalue weighted by Gasteiger charge is -2.35. The molecule has 1 unspecified atom stereocenters. The number of unbranched alkanes of at least 4 members (excludes halogenated alkanes) is 1. The highest BCUT2D eigenvalue weighted by molar-refractivity contribution is 6.30. The highest BCUT2D eigenvalue weighted by atomic mass is 35.5. The number of hydrogen-bond acceptors (Lipinski definition) is 3. The summed E-state index contributed by atoms with van der Waals surface area (Å²) in [7, 11) is 0. The van der Waals surface area contributed by atoms with Gasteiger partial charge >= 0.3 is 12.1 Å². The fourth-order valence-corrected chi connectivity index (χ4v) is 3.44. The molecule has 0 heterocycles. The average Bonchev–Trinajstić information content (AvgIpc) is 2.69. The predicted molar refractivity (Wildman–Crippen MR) is 114 cm³/mol. The number of nitrogens with one attached hydrogen (secondary N) is 1. The summed E-state index contributed by atoms with van der Waals surface area (Å²) in [5, 5.41) is 12.5. The zero-order valence-electron chi connectivity index (χ0n) is 17.0. The maximum Gasteiger partial charge on any atom is 0.408 e. The summed E-state index contributed by atoms with van der Waals surface area (Å²) >= 11 is 6.17. The normalized spacial score (nSPS) is 13.4. The van der Waals surface area contributed by atoms with Crippen molar-refractivity contribution in [2.24, 2.45) is 0 Å². The summed E-state index contributed by atoms with van der Waals surface area (Å²) in [6.45, 7) is 5.90. The van der Waals surface area contributed by atoms with E-state index >= 15 is 0 Å². The van der Waals surface area contributed by atoms with Crippen LogP contribution in [0, 0.1) is 0 Å². The van der Waals surface area contributed by atoms with Crippen LogP contribution in [-0.2, 0) is 14.9 Å². The molecule has 0 radical (unpaired) electrons. The van der Waals surface area contributed by atoms with E-state index in [1.54, 1.807) is 6.07 Å². The van der Waals surface area contributed by atoms with E-state index in [0.717, 1.165) is 17.5 Å². The summed E-state index contributed by atoms with van der Waals surface area (Å²) in [5.74, 6) is -1.07. The van der Waals surface area contributed by atoms with Crippen molar-refractivity contribution in [3.63, 3.8) is 0 Å². The molecule has 0 saturated carbocycles. The van der Waals surface area contributed by atoms with Gasteiger partial charge in [-0.25, -0.2) is 9.59 Å². The Hall–Kier alpha value is -2.53. The second-order valence-electron chi connectivity index (χ2n) is 7.61. The molecule has 5 nitrogen and oxygen atoms in total. The van der Waals surface area contributed by atoms with Gasteiger partial charge in [0.05, 0.1) is 0 Å². The lowest BCUT2D eigenvalue weighted by atomic mass is 9.76. The van der Waals surface area contributed by atoms with Crippen LogP contribution in [0.3, 0.4) is 0 Å². The van der Waals surface area contributed by atoms with Crippen molar-refractivity contribution in [3.05, 3.63) is 70.7 Å². The SMILES string of the molecule is CCCC[C@H](NC(=O)OC(c1ccccc1)C(C)(C)c1cccc(Cl)c1)C(=O)O. The van der Waals surface area contributed by atoms with Gasteiger partial charge in [0.2, 0.25) is 0 Å². The molecule has 2 aromatic rings. The van der Waals surface area contributed by atoms with Crippen LogP contribution < -0.4 is 5.32 Å². The van der Waals surface area contributed by atoms with Crippen LogP contribution in [0.15, 0.2) is 54.6 Å². The van der Waals surface area contributed by atoms with E-state index in [0.29, 0.717) is 17.9 Å². The van der Waals surface area contributed by atoms with Crippen LogP contribution in [0.25, 0.3) is 0 Å². The van der Waals surface area contributed by atoms with Gasteiger partial charge in [0.15, 0.2) is 0 Å². The Morgan fingerprint density at radius 3 is 2.41 bits per heavy atom. The molecule has 0 fully saturated rings. The Labute approximate surface area is 177 Å². The molecule has 0 aromatic heterocycles.